The molecular formula is C21H24BrN3O3S. The van der Waals surface area contributed by atoms with Crippen LogP contribution in [0.3, 0.4) is 0 Å². The number of hydrogen-bond donors (Lipinski definition) is 0. The molecular weight excluding hydrogens is 454 g/mol. The van der Waals surface area contributed by atoms with Crippen LogP contribution in [0, 0.1) is 12.8 Å². The van der Waals surface area contributed by atoms with E-state index in [2.05, 4.69) is 34.8 Å². The van der Waals surface area contributed by atoms with Gasteiger partial charge in [-0.15, -0.1) is 0 Å². The van der Waals surface area contributed by atoms with Crippen molar-refractivity contribution in [3.8, 4) is 0 Å². The van der Waals surface area contributed by atoms with Crippen molar-refractivity contribution in [1.82, 2.24) is 14.5 Å². The van der Waals surface area contributed by atoms with Gasteiger partial charge in [0, 0.05) is 18.1 Å². The summed E-state index contributed by atoms with van der Waals surface area (Å²) >= 11 is 4.71. The largest absolute Gasteiger partial charge is 0.464 e. The molecule has 154 valence electrons. The van der Waals surface area contributed by atoms with Crippen LogP contribution in [0.25, 0.3) is 10.9 Å². The Morgan fingerprint density at radius 3 is 2.72 bits per heavy atom. The van der Waals surface area contributed by atoms with Crippen molar-refractivity contribution in [2.75, 3.05) is 12.8 Å². The average Bonchev–Trinajstić information content (AvgIpc) is 3.07. The summed E-state index contributed by atoms with van der Waals surface area (Å²) in [5.41, 5.74) is 0.548. The first-order valence-electron chi connectivity index (χ1n) is 9.36. The second-order valence-electron chi connectivity index (χ2n) is 7.42. The van der Waals surface area contributed by atoms with Gasteiger partial charge in [0.05, 0.1) is 23.2 Å². The number of nitrogens with zero attached hydrogens (tertiary/aromatic N) is 3. The van der Waals surface area contributed by atoms with Crippen LogP contribution in [0.15, 0.2) is 49.2 Å². The molecule has 6 nitrogen and oxygen atoms in total. The molecule has 0 saturated heterocycles. The summed E-state index contributed by atoms with van der Waals surface area (Å²) in [5, 5.41) is 1.13. The Bertz CT molecular complexity index is 1090. The highest BCUT2D eigenvalue weighted by molar-refractivity contribution is 9.10. The van der Waals surface area contributed by atoms with Gasteiger partial charge in [0.2, 0.25) is 5.91 Å². The number of furan rings is 1. The fourth-order valence-electron chi connectivity index (χ4n) is 2.94. The lowest BCUT2D eigenvalue weighted by atomic mass is 10.2. The second-order valence-corrected chi connectivity index (χ2v) is 9.27. The minimum Gasteiger partial charge on any atom is -0.464 e. The Morgan fingerprint density at radius 2 is 2.07 bits per heavy atom. The molecule has 0 aliphatic heterocycles. The van der Waals surface area contributed by atoms with Crippen LogP contribution < -0.4 is 5.56 Å². The van der Waals surface area contributed by atoms with Crippen LogP contribution in [0.5, 0.6) is 0 Å². The molecule has 0 aliphatic rings. The molecule has 3 aromatic rings. The fraction of sp³-hybridized carbons (Fsp3) is 0.381. The van der Waals surface area contributed by atoms with Gasteiger partial charge in [-0.1, -0.05) is 41.5 Å². The van der Waals surface area contributed by atoms with E-state index < -0.39 is 0 Å². The van der Waals surface area contributed by atoms with E-state index >= 15 is 0 Å². The van der Waals surface area contributed by atoms with Crippen molar-refractivity contribution in [3.05, 3.63) is 56.7 Å². The predicted molar refractivity (Wildman–Crippen MR) is 119 cm³/mol. The number of benzene rings is 1. The Kier molecular flexibility index (Phi) is 6.85. The lowest BCUT2D eigenvalue weighted by molar-refractivity contribution is -0.127. The Balaban J connectivity index is 1.81. The number of amides is 1. The molecule has 1 amide bonds. The lowest BCUT2D eigenvalue weighted by Crippen LogP contribution is -2.29. The topological polar surface area (TPSA) is 68.3 Å². The number of aromatic nitrogens is 2. The smallest absolute Gasteiger partial charge is 0.262 e. The van der Waals surface area contributed by atoms with Crippen molar-refractivity contribution < 1.29 is 9.21 Å². The highest BCUT2D eigenvalue weighted by atomic mass is 79.9. The number of halogens is 1. The van der Waals surface area contributed by atoms with Crippen molar-refractivity contribution in [2.45, 2.75) is 39.0 Å². The van der Waals surface area contributed by atoms with E-state index in [1.165, 1.54) is 11.8 Å². The van der Waals surface area contributed by atoms with E-state index in [4.69, 9.17) is 4.42 Å². The highest BCUT2D eigenvalue weighted by Gasteiger charge is 2.17. The van der Waals surface area contributed by atoms with Crippen molar-refractivity contribution >= 4 is 44.5 Å². The third-order valence-electron chi connectivity index (χ3n) is 4.37. The first kappa shape index (κ1) is 21.6. The minimum atomic E-state index is -0.0839. The summed E-state index contributed by atoms with van der Waals surface area (Å²) < 4.78 is 8.05. The van der Waals surface area contributed by atoms with Gasteiger partial charge in [0.15, 0.2) is 5.16 Å². The first-order valence-corrected chi connectivity index (χ1v) is 11.1. The maximum atomic E-state index is 13.0. The summed E-state index contributed by atoms with van der Waals surface area (Å²) in [6, 6.07) is 9.22. The molecule has 29 heavy (non-hydrogen) atoms. The number of carbonyl (C=O) groups is 1. The standard InChI is InChI=1S/C21H24BrN3O3S/c1-13(2)10-25-20(27)17-9-15(22)6-8-18(17)23-21(25)29-12-19(26)24(4)11-16-7-5-14(3)28-16/h5-9,13H,10-12H2,1-4H3. The lowest BCUT2D eigenvalue weighted by Gasteiger charge is -2.17. The molecule has 2 aromatic heterocycles. The molecule has 0 radical (unpaired) electrons. The predicted octanol–water partition coefficient (Wildman–Crippen LogP) is 4.47. The zero-order valence-corrected chi connectivity index (χ0v) is 19.3. The molecule has 1 aromatic carbocycles. The maximum absolute atomic E-state index is 13.0. The van der Waals surface area contributed by atoms with E-state index in [9.17, 15) is 9.59 Å². The molecule has 3 rings (SSSR count). The Morgan fingerprint density at radius 1 is 1.31 bits per heavy atom. The monoisotopic (exact) mass is 477 g/mol. The van der Waals surface area contributed by atoms with E-state index in [1.807, 2.05) is 31.2 Å². The Hall–Kier alpha value is -2.06. The van der Waals surface area contributed by atoms with Crippen LogP contribution in [0.1, 0.15) is 25.4 Å². The van der Waals surface area contributed by atoms with Gasteiger partial charge in [0.1, 0.15) is 11.5 Å². The molecule has 0 bridgehead atoms. The highest BCUT2D eigenvalue weighted by Crippen LogP contribution is 2.22. The third kappa shape index (κ3) is 5.30. The van der Waals surface area contributed by atoms with E-state index in [0.717, 1.165) is 16.0 Å². The summed E-state index contributed by atoms with van der Waals surface area (Å²) in [5.74, 6) is 1.99. The van der Waals surface area contributed by atoms with Gasteiger partial charge < -0.3 is 9.32 Å². The summed E-state index contributed by atoms with van der Waals surface area (Å²) in [4.78, 5) is 31.9. The molecule has 0 saturated carbocycles. The number of aryl methyl sites for hydroxylation is 1. The van der Waals surface area contributed by atoms with E-state index in [0.29, 0.717) is 29.1 Å². The van der Waals surface area contributed by atoms with Gasteiger partial charge in [0.25, 0.3) is 5.56 Å². The van der Waals surface area contributed by atoms with Gasteiger partial charge in [-0.25, -0.2) is 4.98 Å². The van der Waals surface area contributed by atoms with Crippen LogP contribution in [0.4, 0.5) is 0 Å². The quantitative estimate of drug-likeness (QED) is 0.370. The van der Waals surface area contributed by atoms with Gasteiger partial charge in [-0.3, -0.25) is 14.2 Å². The minimum absolute atomic E-state index is 0.0506. The average molecular weight is 478 g/mol. The van der Waals surface area contributed by atoms with Gasteiger partial charge in [-0.2, -0.15) is 0 Å². The van der Waals surface area contributed by atoms with E-state index in [-0.39, 0.29) is 23.1 Å². The third-order valence-corrected chi connectivity index (χ3v) is 5.82. The Labute approximate surface area is 182 Å². The normalized spacial score (nSPS) is 11.4. The molecule has 8 heteroatoms. The van der Waals surface area contributed by atoms with Crippen LogP contribution in [-0.4, -0.2) is 33.2 Å². The number of carbonyl (C=O) groups excluding carboxylic acids is 1. The zero-order chi connectivity index (χ0) is 21.1. The molecule has 2 heterocycles. The van der Waals surface area contributed by atoms with E-state index in [1.54, 1.807) is 22.6 Å². The SMILES string of the molecule is Cc1ccc(CN(C)C(=O)CSc2nc3ccc(Br)cc3c(=O)n2CC(C)C)o1. The number of rotatable bonds is 7. The number of thioether (sulfide) groups is 1. The van der Waals surface area contributed by atoms with Crippen molar-refractivity contribution in [2.24, 2.45) is 5.92 Å². The van der Waals surface area contributed by atoms with Gasteiger partial charge >= 0.3 is 0 Å². The summed E-state index contributed by atoms with van der Waals surface area (Å²) in [7, 11) is 1.74. The van der Waals surface area contributed by atoms with Crippen LogP contribution in [0.2, 0.25) is 0 Å². The van der Waals surface area contributed by atoms with Crippen LogP contribution >= 0.6 is 27.7 Å². The summed E-state index contributed by atoms with van der Waals surface area (Å²) in [6.07, 6.45) is 0. The number of hydrogen-bond acceptors (Lipinski definition) is 5. The fourth-order valence-corrected chi connectivity index (χ4v) is 4.25. The van der Waals surface area contributed by atoms with Crippen LogP contribution in [-0.2, 0) is 17.9 Å². The molecule has 0 N–H and O–H groups in total. The van der Waals surface area contributed by atoms with Crippen molar-refractivity contribution in [1.29, 1.82) is 0 Å². The molecule has 0 fully saturated rings. The summed E-state index contributed by atoms with van der Waals surface area (Å²) in [6.45, 7) is 6.93. The molecule has 0 atom stereocenters. The van der Waals surface area contributed by atoms with Gasteiger partial charge in [-0.05, 0) is 43.2 Å². The second kappa shape index (κ2) is 9.17. The number of fused-ring (bicyclic) bond motifs is 1. The molecule has 0 aliphatic carbocycles. The molecule has 0 spiro atoms. The van der Waals surface area contributed by atoms with Crippen molar-refractivity contribution in [3.63, 3.8) is 0 Å². The molecule has 0 unspecified atom stereocenters. The maximum Gasteiger partial charge on any atom is 0.262 e. The first-order chi connectivity index (χ1) is 13.7. The zero-order valence-electron chi connectivity index (χ0n) is 16.9.